The molecule has 2 aliphatic rings. The van der Waals surface area contributed by atoms with Crippen molar-refractivity contribution in [3.8, 4) is 6.07 Å². The number of benzene rings is 1. The molecule has 0 bridgehead atoms. The molecule has 3 heterocycles. The van der Waals surface area contributed by atoms with Crippen molar-refractivity contribution in [1.29, 1.82) is 5.26 Å². The predicted molar refractivity (Wildman–Crippen MR) is 137 cm³/mol. The summed E-state index contributed by atoms with van der Waals surface area (Å²) in [6.45, 7) is 7.45. The lowest BCUT2D eigenvalue weighted by Gasteiger charge is -2.35. The van der Waals surface area contributed by atoms with Crippen LogP contribution in [0.5, 0.6) is 0 Å². The molecule has 2 aromatic rings. The van der Waals surface area contributed by atoms with Crippen LogP contribution in [-0.4, -0.2) is 76.4 Å². The van der Waals surface area contributed by atoms with Crippen LogP contribution in [0.15, 0.2) is 41.2 Å². The molecule has 1 aromatic heterocycles. The molecule has 0 atom stereocenters. The molecule has 4 rings (SSSR count). The van der Waals surface area contributed by atoms with Gasteiger partial charge in [0, 0.05) is 32.7 Å². The Morgan fingerprint density at radius 1 is 1.13 bits per heavy atom. The normalized spacial score (nSPS) is 18.3. The first-order valence-electron chi connectivity index (χ1n) is 12.3. The lowest BCUT2D eigenvalue weighted by Crippen LogP contribution is -2.49. The average molecular weight is 548 g/mol. The van der Waals surface area contributed by atoms with Gasteiger partial charge in [0.15, 0.2) is 5.11 Å². The number of anilines is 1. The molecular weight excluding hydrogens is 519 g/mol. The van der Waals surface area contributed by atoms with Crippen molar-refractivity contribution in [3.63, 3.8) is 0 Å². The fourth-order valence-electron chi connectivity index (χ4n) is 4.79. The molecule has 0 radical (unpaired) electrons. The topological polar surface area (TPSA) is 84.0 Å². The molecule has 12 heteroatoms. The summed E-state index contributed by atoms with van der Waals surface area (Å²) in [6, 6.07) is 6.38. The van der Waals surface area contributed by atoms with Crippen molar-refractivity contribution < 1.29 is 27.2 Å². The number of nitriles is 1. The van der Waals surface area contributed by atoms with Crippen LogP contribution in [-0.2, 0) is 11.0 Å². The third-order valence-corrected chi connectivity index (χ3v) is 7.45. The largest absolute Gasteiger partial charge is 0.472 e. The number of unbranched alkanes of at least 4 members (excludes halogenated alkanes) is 1. The van der Waals surface area contributed by atoms with E-state index in [0.717, 1.165) is 49.5 Å². The highest BCUT2D eigenvalue weighted by Crippen LogP contribution is 2.38. The lowest BCUT2D eigenvalue weighted by atomic mass is 10.0. The monoisotopic (exact) mass is 547 g/mol. The predicted octanol–water partition coefficient (Wildman–Crippen LogP) is 4.12. The van der Waals surface area contributed by atoms with Crippen LogP contribution >= 0.6 is 12.2 Å². The highest BCUT2D eigenvalue weighted by Gasteiger charge is 2.49. The van der Waals surface area contributed by atoms with Crippen molar-refractivity contribution >= 4 is 34.8 Å². The van der Waals surface area contributed by atoms with E-state index in [-0.39, 0.29) is 16.7 Å². The molecular formula is C26H28F3N5O3S. The third-order valence-electron chi connectivity index (χ3n) is 7.04. The molecule has 2 aliphatic heterocycles. The SMILES string of the molecule is CC1(C)C(=O)N(c2ccc(C#N)c(C(F)(F)F)c2)C(=S)N1CCCCN1CCN(C(=O)c2ccoc2)CC1. The second kappa shape index (κ2) is 10.7. The van der Waals surface area contributed by atoms with Crippen LogP contribution in [0.3, 0.4) is 0 Å². The molecule has 2 saturated heterocycles. The van der Waals surface area contributed by atoms with E-state index in [0.29, 0.717) is 25.2 Å². The van der Waals surface area contributed by atoms with Gasteiger partial charge in [-0.25, -0.2) is 0 Å². The summed E-state index contributed by atoms with van der Waals surface area (Å²) in [7, 11) is 0. The van der Waals surface area contributed by atoms with Gasteiger partial charge in [-0.1, -0.05) is 0 Å². The smallest absolute Gasteiger partial charge is 0.417 e. The Hall–Kier alpha value is -3.43. The molecule has 0 saturated carbocycles. The summed E-state index contributed by atoms with van der Waals surface area (Å²) in [5.41, 5.74) is -2.10. The Labute approximate surface area is 224 Å². The Bertz CT molecular complexity index is 1250. The lowest BCUT2D eigenvalue weighted by molar-refractivity contribution is -0.137. The summed E-state index contributed by atoms with van der Waals surface area (Å²) < 4.78 is 45.4. The number of furan rings is 1. The van der Waals surface area contributed by atoms with Gasteiger partial charge in [-0.15, -0.1) is 0 Å². The minimum absolute atomic E-state index is 0.00950. The zero-order chi connectivity index (χ0) is 27.7. The molecule has 202 valence electrons. The molecule has 0 N–H and O–H groups in total. The van der Waals surface area contributed by atoms with Crippen molar-refractivity contribution in [1.82, 2.24) is 14.7 Å². The summed E-state index contributed by atoms with van der Waals surface area (Å²) in [5, 5.41) is 9.21. The number of carbonyl (C=O) groups is 2. The summed E-state index contributed by atoms with van der Waals surface area (Å²) in [6.07, 6.45) is -0.262. The second-order valence-corrected chi connectivity index (χ2v) is 10.2. The van der Waals surface area contributed by atoms with Gasteiger partial charge < -0.3 is 14.2 Å². The van der Waals surface area contributed by atoms with Gasteiger partial charge in [0.1, 0.15) is 11.8 Å². The summed E-state index contributed by atoms with van der Waals surface area (Å²) in [5.74, 6) is -0.458. The highest BCUT2D eigenvalue weighted by atomic mass is 32.1. The molecule has 0 spiro atoms. The zero-order valence-electron chi connectivity index (χ0n) is 21.1. The van der Waals surface area contributed by atoms with Gasteiger partial charge in [0.2, 0.25) is 0 Å². The summed E-state index contributed by atoms with van der Waals surface area (Å²) >= 11 is 5.54. The van der Waals surface area contributed by atoms with Crippen LogP contribution < -0.4 is 4.90 Å². The first-order valence-corrected chi connectivity index (χ1v) is 12.7. The van der Waals surface area contributed by atoms with E-state index in [4.69, 9.17) is 21.9 Å². The average Bonchev–Trinajstić information content (AvgIpc) is 3.47. The maximum absolute atomic E-state index is 13.5. The number of rotatable bonds is 7. The number of piperazine rings is 1. The standard InChI is InChI=1S/C26H28F3N5O3S/c1-25(2)23(36)34(20-6-5-18(16-30)21(15-20)26(27,28)29)24(38)33(25)9-4-3-8-31-10-12-32(13-11-31)22(35)19-7-14-37-17-19/h5-7,14-15,17H,3-4,8-13H2,1-2H3. The number of nitrogens with zero attached hydrogens (tertiary/aromatic N) is 5. The van der Waals surface area contributed by atoms with Crippen molar-refractivity contribution in [2.75, 3.05) is 44.2 Å². The number of alkyl halides is 3. The molecule has 8 nitrogen and oxygen atoms in total. The van der Waals surface area contributed by atoms with Gasteiger partial charge in [0.05, 0.1) is 34.7 Å². The second-order valence-electron chi connectivity index (χ2n) is 9.83. The third kappa shape index (κ3) is 5.39. The number of thiocarbonyl (C=S) groups is 1. The number of hydrogen-bond donors (Lipinski definition) is 0. The molecule has 38 heavy (non-hydrogen) atoms. The Morgan fingerprint density at radius 2 is 1.82 bits per heavy atom. The van der Waals surface area contributed by atoms with E-state index in [2.05, 4.69) is 4.90 Å². The van der Waals surface area contributed by atoms with Crippen molar-refractivity contribution in [2.45, 2.75) is 38.4 Å². The molecule has 1 aromatic carbocycles. The number of hydrogen-bond acceptors (Lipinski definition) is 6. The van der Waals surface area contributed by atoms with Crippen molar-refractivity contribution in [2.24, 2.45) is 0 Å². The van der Waals surface area contributed by atoms with Crippen LogP contribution in [0.1, 0.15) is 48.2 Å². The Balaban J connectivity index is 1.33. The molecule has 2 amide bonds. The summed E-state index contributed by atoms with van der Waals surface area (Å²) in [4.78, 5) is 32.6. The van der Waals surface area contributed by atoms with Crippen LogP contribution in [0, 0.1) is 11.3 Å². The van der Waals surface area contributed by atoms with E-state index in [1.807, 2.05) is 0 Å². The van der Waals surface area contributed by atoms with Gasteiger partial charge in [-0.2, -0.15) is 18.4 Å². The van der Waals surface area contributed by atoms with Gasteiger partial charge in [-0.05, 0) is 69.7 Å². The van der Waals surface area contributed by atoms with E-state index in [9.17, 15) is 22.8 Å². The number of halogens is 3. The Kier molecular flexibility index (Phi) is 7.80. The minimum atomic E-state index is -4.74. The fourth-order valence-corrected chi connectivity index (χ4v) is 5.30. The van der Waals surface area contributed by atoms with E-state index in [1.165, 1.54) is 18.6 Å². The molecule has 2 fully saturated rings. The first-order chi connectivity index (χ1) is 17.9. The fraction of sp³-hybridized carbons (Fsp3) is 0.462. The van der Waals surface area contributed by atoms with E-state index >= 15 is 0 Å². The van der Waals surface area contributed by atoms with Gasteiger partial charge in [0.25, 0.3) is 11.8 Å². The number of carbonyl (C=O) groups excluding carboxylic acids is 2. The maximum atomic E-state index is 13.5. The van der Waals surface area contributed by atoms with Gasteiger partial charge >= 0.3 is 6.18 Å². The van der Waals surface area contributed by atoms with E-state index < -0.39 is 28.7 Å². The number of amides is 2. The van der Waals surface area contributed by atoms with Crippen LogP contribution in [0.25, 0.3) is 0 Å². The Morgan fingerprint density at radius 3 is 2.42 bits per heavy atom. The highest BCUT2D eigenvalue weighted by molar-refractivity contribution is 7.80. The molecule has 0 aliphatic carbocycles. The van der Waals surface area contributed by atoms with Crippen LogP contribution in [0.4, 0.5) is 18.9 Å². The minimum Gasteiger partial charge on any atom is -0.472 e. The quantitative estimate of drug-likeness (QED) is 0.381. The van der Waals surface area contributed by atoms with Gasteiger partial charge in [-0.3, -0.25) is 19.4 Å². The van der Waals surface area contributed by atoms with Crippen molar-refractivity contribution in [3.05, 3.63) is 53.5 Å². The van der Waals surface area contributed by atoms with E-state index in [1.54, 1.807) is 35.8 Å². The zero-order valence-corrected chi connectivity index (χ0v) is 21.9. The maximum Gasteiger partial charge on any atom is 0.417 e. The first kappa shape index (κ1) is 27.6. The van der Waals surface area contributed by atoms with Crippen LogP contribution in [0.2, 0.25) is 0 Å². The molecule has 0 unspecified atom stereocenters.